The number of aliphatic imine (C=N–C) groups is 1. The van der Waals surface area contributed by atoms with Crippen LogP contribution in [-0.2, 0) is 0 Å². The number of nitrogens with zero attached hydrogens (tertiary/aromatic N) is 1. The average Bonchev–Trinajstić information content (AvgIpc) is 2.39. The first-order chi connectivity index (χ1) is 9.10. The molecule has 3 nitrogen and oxygen atoms in total. The SMILES string of the molecule is CC(C)NC(=NC1CCCCC1)C1(N)CCCCC1. The Morgan fingerprint density at radius 2 is 1.63 bits per heavy atom. The fraction of sp³-hybridized carbons (Fsp3) is 0.938. The predicted octanol–water partition coefficient (Wildman–Crippen LogP) is 3.38. The summed E-state index contributed by atoms with van der Waals surface area (Å²) in [6, 6.07) is 0.932. The van der Waals surface area contributed by atoms with Crippen molar-refractivity contribution in [3.63, 3.8) is 0 Å². The molecule has 0 heterocycles. The number of nitrogens with two attached hydrogens (primary N) is 1. The standard InChI is InChI=1S/C16H31N3/c1-13(2)18-15(16(17)11-7-4-8-12-16)19-14-9-5-3-6-10-14/h13-14H,3-12,17H2,1-2H3,(H,18,19). The van der Waals surface area contributed by atoms with Crippen molar-refractivity contribution in [3.05, 3.63) is 0 Å². The van der Waals surface area contributed by atoms with Crippen molar-refractivity contribution in [1.82, 2.24) is 5.32 Å². The topological polar surface area (TPSA) is 50.4 Å². The van der Waals surface area contributed by atoms with Gasteiger partial charge in [0.1, 0.15) is 5.84 Å². The Kier molecular flexibility index (Phi) is 5.26. The van der Waals surface area contributed by atoms with E-state index in [9.17, 15) is 0 Å². The molecule has 0 aromatic carbocycles. The molecule has 0 amide bonds. The fourth-order valence-electron chi connectivity index (χ4n) is 3.40. The van der Waals surface area contributed by atoms with Gasteiger partial charge >= 0.3 is 0 Å². The van der Waals surface area contributed by atoms with Crippen LogP contribution in [0.4, 0.5) is 0 Å². The maximum Gasteiger partial charge on any atom is 0.117 e. The van der Waals surface area contributed by atoms with Gasteiger partial charge in [0.05, 0.1) is 11.6 Å². The number of hydrogen-bond donors (Lipinski definition) is 2. The third-order valence-corrected chi connectivity index (χ3v) is 4.53. The zero-order valence-electron chi connectivity index (χ0n) is 12.8. The summed E-state index contributed by atoms with van der Waals surface area (Å²) in [6.45, 7) is 4.37. The summed E-state index contributed by atoms with van der Waals surface area (Å²) >= 11 is 0. The maximum atomic E-state index is 6.68. The monoisotopic (exact) mass is 265 g/mol. The lowest BCUT2D eigenvalue weighted by Crippen LogP contribution is -2.56. The molecule has 0 radical (unpaired) electrons. The van der Waals surface area contributed by atoms with Crippen LogP contribution in [-0.4, -0.2) is 23.5 Å². The second-order valence-corrected chi connectivity index (χ2v) is 6.79. The minimum absolute atomic E-state index is 0.181. The molecule has 0 bridgehead atoms. The van der Waals surface area contributed by atoms with E-state index in [0.717, 1.165) is 18.7 Å². The molecular formula is C16H31N3. The van der Waals surface area contributed by atoms with Gasteiger partial charge in [-0.25, -0.2) is 0 Å². The van der Waals surface area contributed by atoms with Gasteiger partial charge in [-0.2, -0.15) is 0 Å². The van der Waals surface area contributed by atoms with Gasteiger partial charge in [0.25, 0.3) is 0 Å². The van der Waals surface area contributed by atoms with E-state index in [1.54, 1.807) is 0 Å². The zero-order chi connectivity index (χ0) is 13.7. The minimum Gasteiger partial charge on any atom is -0.370 e. The molecule has 0 atom stereocenters. The van der Waals surface area contributed by atoms with Gasteiger partial charge in [-0.15, -0.1) is 0 Å². The average molecular weight is 265 g/mol. The highest BCUT2D eigenvalue weighted by molar-refractivity contribution is 5.91. The van der Waals surface area contributed by atoms with Crippen molar-refractivity contribution in [2.75, 3.05) is 0 Å². The van der Waals surface area contributed by atoms with E-state index in [-0.39, 0.29) is 5.54 Å². The molecule has 19 heavy (non-hydrogen) atoms. The normalized spacial score (nSPS) is 25.6. The molecule has 0 aromatic heterocycles. The van der Waals surface area contributed by atoms with Gasteiger partial charge in [-0.3, -0.25) is 4.99 Å². The molecule has 2 aliphatic carbocycles. The Hall–Kier alpha value is -0.570. The van der Waals surface area contributed by atoms with Crippen LogP contribution in [0.15, 0.2) is 4.99 Å². The first-order valence-corrected chi connectivity index (χ1v) is 8.24. The van der Waals surface area contributed by atoms with Gasteiger partial charge in [-0.1, -0.05) is 38.5 Å². The van der Waals surface area contributed by atoms with Crippen molar-refractivity contribution in [2.45, 2.75) is 95.7 Å². The predicted molar refractivity (Wildman–Crippen MR) is 82.6 cm³/mol. The van der Waals surface area contributed by atoms with Crippen molar-refractivity contribution in [2.24, 2.45) is 10.7 Å². The number of rotatable bonds is 3. The van der Waals surface area contributed by atoms with Gasteiger partial charge in [0.2, 0.25) is 0 Å². The number of nitrogens with one attached hydrogen (secondary N) is 1. The largest absolute Gasteiger partial charge is 0.370 e. The second kappa shape index (κ2) is 6.74. The van der Waals surface area contributed by atoms with E-state index in [2.05, 4.69) is 19.2 Å². The molecule has 2 rings (SSSR count). The number of amidine groups is 1. The molecule has 0 saturated heterocycles. The van der Waals surface area contributed by atoms with E-state index in [1.165, 1.54) is 51.4 Å². The molecule has 0 unspecified atom stereocenters. The Bertz CT molecular complexity index is 297. The van der Waals surface area contributed by atoms with Crippen LogP contribution < -0.4 is 11.1 Å². The van der Waals surface area contributed by atoms with Crippen molar-refractivity contribution < 1.29 is 0 Å². The molecule has 2 fully saturated rings. The van der Waals surface area contributed by atoms with Crippen molar-refractivity contribution >= 4 is 5.84 Å². The van der Waals surface area contributed by atoms with Crippen molar-refractivity contribution in [1.29, 1.82) is 0 Å². The summed E-state index contributed by atoms with van der Waals surface area (Å²) < 4.78 is 0. The summed E-state index contributed by atoms with van der Waals surface area (Å²) in [4.78, 5) is 5.05. The highest BCUT2D eigenvalue weighted by Crippen LogP contribution is 2.28. The molecule has 3 heteroatoms. The summed E-state index contributed by atoms with van der Waals surface area (Å²) in [5.74, 6) is 1.11. The van der Waals surface area contributed by atoms with Crippen LogP contribution in [0.3, 0.4) is 0 Å². The zero-order valence-corrected chi connectivity index (χ0v) is 12.8. The first-order valence-electron chi connectivity index (χ1n) is 8.24. The van der Waals surface area contributed by atoms with Crippen molar-refractivity contribution in [3.8, 4) is 0 Å². The van der Waals surface area contributed by atoms with Gasteiger partial charge in [0.15, 0.2) is 0 Å². The van der Waals surface area contributed by atoms with E-state index in [0.29, 0.717) is 12.1 Å². The lowest BCUT2D eigenvalue weighted by molar-refractivity contribution is 0.364. The van der Waals surface area contributed by atoms with E-state index in [1.807, 2.05) is 0 Å². The molecular weight excluding hydrogens is 234 g/mol. The Labute approximate surface area is 118 Å². The highest BCUT2D eigenvalue weighted by atomic mass is 15.1. The van der Waals surface area contributed by atoms with Gasteiger partial charge in [0, 0.05) is 6.04 Å². The molecule has 0 aliphatic heterocycles. The van der Waals surface area contributed by atoms with Crippen LogP contribution in [0, 0.1) is 0 Å². The minimum atomic E-state index is -0.181. The molecule has 0 aromatic rings. The quantitative estimate of drug-likeness (QED) is 0.607. The van der Waals surface area contributed by atoms with E-state index >= 15 is 0 Å². The van der Waals surface area contributed by atoms with Crippen LogP contribution >= 0.6 is 0 Å². The van der Waals surface area contributed by atoms with Gasteiger partial charge < -0.3 is 11.1 Å². The molecule has 110 valence electrons. The third-order valence-electron chi connectivity index (χ3n) is 4.53. The van der Waals surface area contributed by atoms with Crippen LogP contribution in [0.1, 0.15) is 78.1 Å². The molecule has 0 spiro atoms. The molecule has 2 saturated carbocycles. The Balaban J connectivity index is 2.11. The summed E-state index contributed by atoms with van der Waals surface area (Å²) in [6.07, 6.45) is 12.6. The molecule has 2 aliphatic rings. The third kappa shape index (κ3) is 4.20. The highest BCUT2D eigenvalue weighted by Gasteiger charge is 2.34. The second-order valence-electron chi connectivity index (χ2n) is 6.79. The maximum absolute atomic E-state index is 6.68. The van der Waals surface area contributed by atoms with Gasteiger partial charge in [-0.05, 0) is 39.5 Å². The van der Waals surface area contributed by atoms with E-state index < -0.39 is 0 Å². The van der Waals surface area contributed by atoms with Crippen LogP contribution in [0.5, 0.6) is 0 Å². The molecule has 3 N–H and O–H groups in total. The van der Waals surface area contributed by atoms with Crippen LogP contribution in [0.25, 0.3) is 0 Å². The van der Waals surface area contributed by atoms with E-state index in [4.69, 9.17) is 10.7 Å². The summed E-state index contributed by atoms with van der Waals surface area (Å²) in [5, 5.41) is 3.56. The first kappa shape index (κ1) is 14.8. The lowest BCUT2D eigenvalue weighted by Gasteiger charge is -2.37. The van der Waals surface area contributed by atoms with Crippen LogP contribution in [0.2, 0.25) is 0 Å². The Morgan fingerprint density at radius 1 is 1.05 bits per heavy atom. The summed E-state index contributed by atoms with van der Waals surface area (Å²) in [7, 11) is 0. The smallest absolute Gasteiger partial charge is 0.117 e. The summed E-state index contributed by atoms with van der Waals surface area (Å²) in [5.41, 5.74) is 6.49. The Morgan fingerprint density at radius 3 is 2.21 bits per heavy atom. The lowest BCUT2D eigenvalue weighted by atomic mass is 9.81. The fourth-order valence-corrected chi connectivity index (χ4v) is 3.40. The number of hydrogen-bond acceptors (Lipinski definition) is 2.